The van der Waals surface area contributed by atoms with Gasteiger partial charge >= 0.3 is 0 Å². The van der Waals surface area contributed by atoms with Gasteiger partial charge in [0.2, 0.25) is 0 Å². The average Bonchev–Trinajstić information content (AvgIpc) is 1.41. The van der Waals surface area contributed by atoms with Crippen LogP contribution in [-0.4, -0.2) is 25.9 Å². The summed E-state index contributed by atoms with van der Waals surface area (Å²) >= 11 is 0. The van der Waals surface area contributed by atoms with Crippen molar-refractivity contribution in [3.63, 3.8) is 0 Å². The van der Waals surface area contributed by atoms with Gasteiger partial charge < -0.3 is 0 Å². The Bertz CT molecular complexity index is 36.8. The Kier molecular flexibility index (Phi) is 14.4. The molecule has 0 atom stereocenters. The summed E-state index contributed by atoms with van der Waals surface area (Å²) < 4.78 is 0. The van der Waals surface area contributed by atoms with Gasteiger partial charge in [0.1, 0.15) is 0 Å². The van der Waals surface area contributed by atoms with E-state index in [9.17, 15) is 0 Å². The molecule has 0 spiro atoms. The fourth-order valence-electron chi connectivity index (χ4n) is 0. The van der Waals surface area contributed by atoms with Crippen LogP contribution in [0, 0.1) is 0 Å². The first-order valence-electron chi connectivity index (χ1n) is 1.56. The molecule has 36 valence electrons. The second kappa shape index (κ2) is 9.02. The van der Waals surface area contributed by atoms with Gasteiger partial charge in [0.15, 0.2) is 0 Å². The first-order chi connectivity index (χ1) is 2.73. The highest BCUT2D eigenvalue weighted by Gasteiger charge is 1.67. The Balaban J connectivity index is 0. The van der Waals surface area contributed by atoms with Gasteiger partial charge in [-0.2, -0.15) is 0 Å². The molecule has 0 aromatic rings. The fraction of sp³-hybridized carbons (Fsp3) is 0.500. The molecule has 0 amide bonds. The van der Waals surface area contributed by atoms with Crippen molar-refractivity contribution < 1.29 is 0 Å². The van der Waals surface area contributed by atoms with Crippen LogP contribution in [0.4, 0.5) is 0 Å². The number of hydrogen-bond donors (Lipinski definition) is 0. The normalized spacial score (nSPS) is 5.00. The molecular formula is C4H11P2+. The molecule has 0 heterocycles. The van der Waals surface area contributed by atoms with Crippen LogP contribution in [0.1, 0.15) is 0 Å². The largest absolute Gasteiger partial charge is 0.130 e. The van der Waals surface area contributed by atoms with E-state index in [0.717, 1.165) is 0 Å². The van der Waals surface area contributed by atoms with Crippen molar-refractivity contribution in [3.05, 3.63) is 0 Å². The van der Waals surface area contributed by atoms with Crippen LogP contribution in [0.15, 0.2) is 0 Å². The summed E-state index contributed by atoms with van der Waals surface area (Å²) in [6.45, 7) is 4.24. The van der Waals surface area contributed by atoms with Crippen LogP contribution in [0.2, 0.25) is 0 Å². The third-order valence-electron chi connectivity index (χ3n) is 0. The average molecular weight is 121 g/mol. The van der Waals surface area contributed by atoms with Gasteiger partial charge in [0.05, 0.1) is 27.2 Å². The fourth-order valence-corrected chi connectivity index (χ4v) is 0. The third-order valence-corrected chi connectivity index (χ3v) is 0. The van der Waals surface area contributed by atoms with E-state index in [0.29, 0.717) is 0 Å². The van der Waals surface area contributed by atoms with Crippen molar-refractivity contribution in [2.24, 2.45) is 0 Å². The zero-order valence-electron chi connectivity index (χ0n) is 4.36. The lowest BCUT2D eigenvalue weighted by Gasteiger charge is -1.49. The van der Waals surface area contributed by atoms with Gasteiger partial charge in [-0.15, -0.1) is 8.86 Å². The molecule has 2 heteroatoms. The Labute approximate surface area is 43.2 Å². The number of rotatable bonds is 0. The zero-order valence-corrected chi connectivity index (χ0v) is 6.26. The maximum Gasteiger partial charge on any atom is 0.0951 e. The standard InChI is InChI=1S/C3H8P.CH3P/c1-4(2)3;1-2/h1H2,2-3H3;2H,1H2/q+1;. The molecule has 0 unspecified atom stereocenters. The molecule has 0 aromatic heterocycles. The van der Waals surface area contributed by atoms with Crippen molar-refractivity contribution in [3.8, 4) is 0 Å². The predicted octanol–water partition coefficient (Wildman–Crippen LogP) is 1.72. The number of hydrogen-bond acceptors (Lipinski definition) is 0. The molecule has 0 aliphatic heterocycles. The van der Waals surface area contributed by atoms with E-state index in [2.05, 4.69) is 34.8 Å². The van der Waals surface area contributed by atoms with Crippen LogP contribution < -0.4 is 0 Å². The summed E-state index contributed by atoms with van der Waals surface area (Å²) in [5.41, 5.74) is 0. The van der Waals surface area contributed by atoms with Crippen molar-refractivity contribution in [1.82, 2.24) is 0 Å². The van der Waals surface area contributed by atoms with Crippen molar-refractivity contribution in [2.75, 3.05) is 13.3 Å². The van der Waals surface area contributed by atoms with E-state index in [1.807, 2.05) is 0 Å². The summed E-state index contributed by atoms with van der Waals surface area (Å²) in [5.74, 6) is 0. The lowest BCUT2D eigenvalue weighted by atomic mass is 11.9. The van der Waals surface area contributed by atoms with E-state index in [-0.39, 0.29) is 7.55 Å². The van der Waals surface area contributed by atoms with Gasteiger partial charge in [-0.3, -0.25) is 0 Å². The van der Waals surface area contributed by atoms with Crippen molar-refractivity contribution >= 4 is 29.0 Å². The highest BCUT2D eigenvalue weighted by atomic mass is 31.1. The van der Waals surface area contributed by atoms with E-state index in [1.165, 1.54) is 0 Å². The van der Waals surface area contributed by atoms with Gasteiger partial charge in [-0.1, -0.05) is 6.30 Å². The maximum absolute atomic E-state index is 3.70. The first-order valence-corrected chi connectivity index (χ1v) is 4.69. The first kappa shape index (κ1) is 9.60. The van der Waals surface area contributed by atoms with Gasteiger partial charge in [-0.25, -0.2) is 0 Å². The Hall–Kier alpha value is 0.340. The highest BCUT2D eigenvalue weighted by Crippen LogP contribution is 1.99. The minimum absolute atomic E-state index is 0.130. The maximum atomic E-state index is 3.70. The summed E-state index contributed by atoms with van der Waals surface area (Å²) in [4.78, 5) is 0. The van der Waals surface area contributed by atoms with Gasteiger partial charge in [-0.05, 0) is 0 Å². The second-order valence-corrected chi connectivity index (χ2v) is 3.24. The molecule has 0 fully saturated rings. The molecule has 0 rings (SSSR count). The zero-order chi connectivity index (χ0) is 5.58. The highest BCUT2D eigenvalue weighted by molar-refractivity contribution is 7.54. The van der Waals surface area contributed by atoms with Crippen LogP contribution >= 0.6 is 16.4 Å². The molecule has 0 aliphatic carbocycles. The molecule has 0 aromatic carbocycles. The summed E-state index contributed by atoms with van der Waals surface area (Å²) in [6, 6.07) is 0. The van der Waals surface area contributed by atoms with Crippen LogP contribution in [0.5, 0.6) is 0 Å². The Morgan fingerprint density at radius 3 is 1.33 bits per heavy atom. The van der Waals surface area contributed by atoms with E-state index in [1.54, 1.807) is 0 Å². The van der Waals surface area contributed by atoms with E-state index < -0.39 is 0 Å². The molecule has 0 aliphatic rings. The SMILES string of the molecule is C=P.C=[P+](C)C. The molecule has 0 saturated carbocycles. The minimum atomic E-state index is 0.130. The van der Waals surface area contributed by atoms with E-state index in [4.69, 9.17) is 0 Å². The Morgan fingerprint density at radius 1 is 1.33 bits per heavy atom. The van der Waals surface area contributed by atoms with Crippen LogP contribution in [0.3, 0.4) is 0 Å². The molecule has 0 bridgehead atoms. The summed E-state index contributed by atoms with van der Waals surface area (Å²) in [5, 5.41) is 0. The minimum Gasteiger partial charge on any atom is -0.130 e. The lowest BCUT2D eigenvalue weighted by Crippen LogP contribution is -1.35. The quantitative estimate of drug-likeness (QED) is 0.428. The Morgan fingerprint density at radius 2 is 1.33 bits per heavy atom. The molecule has 6 heavy (non-hydrogen) atoms. The molecule has 0 saturated heterocycles. The lowest BCUT2D eigenvalue weighted by molar-refractivity contribution is 2.30. The molecular weight excluding hydrogens is 110 g/mol. The predicted molar refractivity (Wildman–Crippen MR) is 41.3 cm³/mol. The van der Waals surface area contributed by atoms with Crippen molar-refractivity contribution in [1.29, 1.82) is 0 Å². The summed E-state index contributed by atoms with van der Waals surface area (Å²) in [7, 11) is 2.85. The van der Waals surface area contributed by atoms with Crippen LogP contribution in [0.25, 0.3) is 0 Å². The molecule has 0 N–H and O–H groups in total. The van der Waals surface area contributed by atoms with Gasteiger partial charge in [0.25, 0.3) is 0 Å². The topological polar surface area (TPSA) is 0 Å². The smallest absolute Gasteiger partial charge is 0.0951 e. The molecule has 0 nitrogen and oxygen atoms in total. The monoisotopic (exact) mass is 121 g/mol. The van der Waals surface area contributed by atoms with Gasteiger partial charge in [0, 0.05) is 0 Å². The molecule has 0 radical (unpaired) electrons. The third kappa shape index (κ3) is 419. The second-order valence-electron chi connectivity index (χ2n) is 1.08. The van der Waals surface area contributed by atoms with Crippen molar-refractivity contribution in [2.45, 2.75) is 0 Å². The summed E-state index contributed by atoms with van der Waals surface area (Å²) in [6.07, 6.45) is 6.76. The van der Waals surface area contributed by atoms with Crippen LogP contribution in [-0.2, 0) is 0 Å². The van der Waals surface area contributed by atoms with E-state index >= 15 is 0 Å².